The summed E-state index contributed by atoms with van der Waals surface area (Å²) < 4.78 is 5.79. The van der Waals surface area contributed by atoms with Gasteiger partial charge in [-0.05, 0) is 36.8 Å². The minimum atomic E-state index is 0.620. The van der Waals surface area contributed by atoms with Crippen molar-refractivity contribution in [1.82, 2.24) is 4.98 Å². The fourth-order valence-corrected chi connectivity index (χ4v) is 2.10. The Balaban J connectivity index is 2.31. The molecule has 1 aromatic heterocycles. The van der Waals surface area contributed by atoms with E-state index in [1.54, 1.807) is 12.3 Å². The first kappa shape index (κ1) is 12.4. The largest absolute Gasteiger partial charge is 0.438 e. The first-order valence-electron chi connectivity index (χ1n) is 5.14. The number of nitrogens with zero attached hydrogens (tertiary/aromatic N) is 1. The summed E-state index contributed by atoms with van der Waals surface area (Å²) in [5.41, 5.74) is 2.01. The zero-order chi connectivity index (χ0) is 12.3. The van der Waals surface area contributed by atoms with Gasteiger partial charge in [0.2, 0.25) is 5.88 Å². The van der Waals surface area contributed by atoms with Crippen LogP contribution in [0.3, 0.4) is 0 Å². The van der Waals surface area contributed by atoms with Crippen LogP contribution in [0.15, 0.2) is 36.5 Å². The molecule has 17 heavy (non-hydrogen) atoms. The lowest BCUT2D eigenvalue weighted by Crippen LogP contribution is -1.93. The van der Waals surface area contributed by atoms with Crippen molar-refractivity contribution in [2.24, 2.45) is 0 Å². The molecule has 0 radical (unpaired) electrons. The standard InChI is InChI=1S/C13H11BrClNO/c1-9-7-11(15)4-5-12(9)17-13-10(8-14)3-2-6-16-13/h2-7H,8H2,1H3. The van der Waals surface area contributed by atoms with E-state index >= 15 is 0 Å². The molecule has 0 aliphatic rings. The lowest BCUT2D eigenvalue weighted by atomic mass is 10.2. The molecule has 0 N–H and O–H groups in total. The average molecular weight is 313 g/mol. The molecule has 1 aromatic carbocycles. The van der Waals surface area contributed by atoms with Crippen molar-refractivity contribution in [3.05, 3.63) is 52.7 Å². The molecule has 0 atom stereocenters. The van der Waals surface area contributed by atoms with Crippen LogP contribution < -0.4 is 4.74 Å². The summed E-state index contributed by atoms with van der Waals surface area (Å²) in [7, 11) is 0. The minimum absolute atomic E-state index is 0.620. The summed E-state index contributed by atoms with van der Waals surface area (Å²) in [6.45, 7) is 1.96. The number of hydrogen-bond donors (Lipinski definition) is 0. The topological polar surface area (TPSA) is 22.1 Å². The highest BCUT2D eigenvalue weighted by atomic mass is 79.9. The van der Waals surface area contributed by atoms with E-state index in [0.29, 0.717) is 16.2 Å². The molecule has 0 saturated carbocycles. The van der Waals surface area contributed by atoms with E-state index in [0.717, 1.165) is 16.9 Å². The third-order valence-corrected chi connectivity index (χ3v) is 3.18. The van der Waals surface area contributed by atoms with Gasteiger partial charge in [0, 0.05) is 22.1 Å². The van der Waals surface area contributed by atoms with Crippen molar-refractivity contribution in [3.63, 3.8) is 0 Å². The van der Waals surface area contributed by atoms with Gasteiger partial charge in [-0.2, -0.15) is 0 Å². The van der Waals surface area contributed by atoms with Crippen LogP contribution in [0, 0.1) is 6.92 Å². The Morgan fingerprint density at radius 1 is 1.35 bits per heavy atom. The zero-order valence-electron chi connectivity index (χ0n) is 9.28. The second-order valence-corrected chi connectivity index (χ2v) is 4.61. The number of rotatable bonds is 3. The van der Waals surface area contributed by atoms with Crippen LogP contribution in [0.4, 0.5) is 0 Å². The first-order chi connectivity index (χ1) is 8.20. The number of pyridine rings is 1. The fourth-order valence-electron chi connectivity index (χ4n) is 1.45. The van der Waals surface area contributed by atoms with Crippen LogP contribution in [0.2, 0.25) is 5.02 Å². The Morgan fingerprint density at radius 2 is 2.18 bits per heavy atom. The fraction of sp³-hybridized carbons (Fsp3) is 0.154. The smallest absolute Gasteiger partial charge is 0.223 e. The molecular formula is C13H11BrClNO. The number of halogens is 2. The lowest BCUT2D eigenvalue weighted by molar-refractivity contribution is 0.455. The molecule has 2 aromatic rings. The summed E-state index contributed by atoms with van der Waals surface area (Å²) in [6, 6.07) is 9.39. The second-order valence-electron chi connectivity index (χ2n) is 3.61. The predicted molar refractivity (Wildman–Crippen MR) is 73.1 cm³/mol. The van der Waals surface area contributed by atoms with Crippen molar-refractivity contribution in [2.45, 2.75) is 12.3 Å². The number of ether oxygens (including phenoxy) is 1. The molecule has 2 rings (SSSR count). The first-order valence-corrected chi connectivity index (χ1v) is 6.64. The predicted octanol–water partition coefficient (Wildman–Crippen LogP) is 4.73. The van der Waals surface area contributed by atoms with Crippen molar-refractivity contribution in [1.29, 1.82) is 0 Å². The Labute approximate surface area is 114 Å². The molecule has 0 bridgehead atoms. The average Bonchev–Trinajstić information content (AvgIpc) is 2.33. The molecule has 0 aliphatic carbocycles. The van der Waals surface area contributed by atoms with Gasteiger partial charge in [0.25, 0.3) is 0 Å². The number of hydrogen-bond acceptors (Lipinski definition) is 2. The van der Waals surface area contributed by atoms with Gasteiger partial charge in [-0.15, -0.1) is 0 Å². The summed E-state index contributed by atoms with van der Waals surface area (Å²) in [5, 5.41) is 1.42. The highest BCUT2D eigenvalue weighted by Gasteiger charge is 2.07. The molecule has 4 heteroatoms. The summed E-state index contributed by atoms with van der Waals surface area (Å²) in [6.07, 6.45) is 1.72. The number of aryl methyl sites for hydroxylation is 1. The van der Waals surface area contributed by atoms with Crippen LogP contribution in [-0.4, -0.2) is 4.98 Å². The van der Waals surface area contributed by atoms with Gasteiger partial charge in [-0.25, -0.2) is 4.98 Å². The molecular weight excluding hydrogens is 302 g/mol. The maximum Gasteiger partial charge on any atom is 0.223 e. The monoisotopic (exact) mass is 311 g/mol. The van der Waals surface area contributed by atoms with Gasteiger partial charge in [-0.1, -0.05) is 33.6 Å². The van der Waals surface area contributed by atoms with E-state index in [1.807, 2.05) is 31.2 Å². The summed E-state index contributed by atoms with van der Waals surface area (Å²) >= 11 is 9.31. The van der Waals surface area contributed by atoms with Gasteiger partial charge in [0.15, 0.2) is 0 Å². The van der Waals surface area contributed by atoms with Crippen molar-refractivity contribution < 1.29 is 4.74 Å². The summed E-state index contributed by atoms with van der Waals surface area (Å²) in [4.78, 5) is 4.22. The van der Waals surface area contributed by atoms with E-state index in [2.05, 4.69) is 20.9 Å². The van der Waals surface area contributed by atoms with Crippen LogP contribution >= 0.6 is 27.5 Å². The molecule has 0 unspecified atom stereocenters. The molecule has 88 valence electrons. The highest BCUT2D eigenvalue weighted by Crippen LogP contribution is 2.28. The van der Waals surface area contributed by atoms with E-state index in [4.69, 9.17) is 16.3 Å². The number of benzene rings is 1. The van der Waals surface area contributed by atoms with Gasteiger partial charge in [-0.3, -0.25) is 0 Å². The molecule has 1 heterocycles. The molecule has 0 amide bonds. The minimum Gasteiger partial charge on any atom is -0.438 e. The van der Waals surface area contributed by atoms with Gasteiger partial charge in [0.05, 0.1) is 0 Å². The second kappa shape index (κ2) is 5.52. The van der Waals surface area contributed by atoms with Gasteiger partial charge >= 0.3 is 0 Å². The molecule has 0 aliphatic heterocycles. The van der Waals surface area contributed by atoms with Crippen LogP contribution in [-0.2, 0) is 5.33 Å². The molecule has 0 saturated heterocycles. The number of aromatic nitrogens is 1. The Hall–Kier alpha value is -1.06. The lowest BCUT2D eigenvalue weighted by Gasteiger charge is -2.10. The quantitative estimate of drug-likeness (QED) is 0.764. The highest BCUT2D eigenvalue weighted by molar-refractivity contribution is 9.08. The van der Waals surface area contributed by atoms with Crippen LogP contribution in [0.1, 0.15) is 11.1 Å². The van der Waals surface area contributed by atoms with Crippen molar-refractivity contribution in [3.8, 4) is 11.6 Å². The van der Waals surface area contributed by atoms with Crippen molar-refractivity contribution >= 4 is 27.5 Å². The maximum atomic E-state index is 5.90. The Morgan fingerprint density at radius 3 is 2.88 bits per heavy atom. The SMILES string of the molecule is Cc1cc(Cl)ccc1Oc1ncccc1CBr. The summed E-state index contributed by atoms with van der Waals surface area (Å²) in [5.74, 6) is 1.39. The van der Waals surface area contributed by atoms with E-state index in [9.17, 15) is 0 Å². The number of alkyl halides is 1. The van der Waals surface area contributed by atoms with Gasteiger partial charge in [0.1, 0.15) is 5.75 Å². The Bertz CT molecular complexity index is 531. The third-order valence-electron chi connectivity index (χ3n) is 2.34. The molecule has 0 fully saturated rings. The zero-order valence-corrected chi connectivity index (χ0v) is 11.6. The van der Waals surface area contributed by atoms with Crippen LogP contribution in [0.25, 0.3) is 0 Å². The van der Waals surface area contributed by atoms with Crippen molar-refractivity contribution in [2.75, 3.05) is 0 Å². The van der Waals surface area contributed by atoms with Crippen LogP contribution in [0.5, 0.6) is 11.6 Å². The van der Waals surface area contributed by atoms with E-state index in [1.165, 1.54) is 0 Å². The molecule has 0 spiro atoms. The van der Waals surface area contributed by atoms with Gasteiger partial charge < -0.3 is 4.74 Å². The van der Waals surface area contributed by atoms with E-state index < -0.39 is 0 Å². The third kappa shape index (κ3) is 2.99. The normalized spacial score (nSPS) is 10.3. The maximum absolute atomic E-state index is 5.90. The Kier molecular flexibility index (Phi) is 4.02. The molecule has 2 nitrogen and oxygen atoms in total. The van der Waals surface area contributed by atoms with E-state index in [-0.39, 0.29) is 0 Å².